The highest BCUT2D eigenvalue weighted by atomic mass is 32.2. The number of ether oxygens (including phenoxy) is 1. The van der Waals surface area contributed by atoms with Gasteiger partial charge in [-0.15, -0.1) is 21.5 Å². The molecule has 2 heterocycles. The fraction of sp³-hybridized carbons (Fsp3) is 0.0909. The number of primary amides is 1. The lowest BCUT2D eigenvalue weighted by Gasteiger charge is -2.08. The monoisotopic (exact) mass is 465 g/mol. The number of carbonyl (C=O) groups excluding carboxylic acids is 2. The van der Waals surface area contributed by atoms with E-state index in [1.54, 1.807) is 24.1 Å². The smallest absolute Gasteiger partial charge is 0.251 e. The van der Waals surface area contributed by atoms with Crippen LogP contribution in [-0.2, 0) is 4.79 Å². The van der Waals surface area contributed by atoms with Gasteiger partial charge in [0.25, 0.3) is 5.91 Å². The molecule has 0 radical (unpaired) electrons. The Morgan fingerprint density at radius 1 is 1.16 bits per heavy atom. The van der Waals surface area contributed by atoms with Gasteiger partial charge >= 0.3 is 0 Å². The lowest BCUT2D eigenvalue weighted by molar-refractivity contribution is -0.113. The molecule has 0 aliphatic carbocycles. The Bertz CT molecular complexity index is 1250. The zero-order valence-corrected chi connectivity index (χ0v) is 18.7. The van der Waals surface area contributed by atoms with Crippen molar-refractivity contribution in [2.45, 2.75) is 5.16 Å². The van der Waals surface area contributed by atoms with Crippen LogP contribution in [0.1, 0.15) is 10.4 Å². The highest BCUT2D eigenvalue weighted by molar-refractivity contribution is 7.99. The third-order valence-corrected chi connectivity index (χ3v) is 6.53. The van der Waals surface area contributed by atoms with Gasteiger partial charge in [0.05, 0.1) is 24.1 Å². The lowest BCUT2D eigenvalue weighted by atomic mass is 10.1. The number of aromatic nitrogens is 3. The summed E-state index contributed by atoms with van der Waals surface area (Å²) < 4.78 is 7.03. The predicted octanol–water partition coefficient (Wildman–Crippen LogP) is 3.83. The number of nitrogens with two attached hydrogens (primary N) is 1. The molecule has 10 heteroatoms. The molecular weight excluding hydrogens is 446 g/mol. The highest BCUT2D eigenvalue weighted by Gasteiger charge is 2.18. The van der Waals surface area contributed by atoms with Crippen LogP contribution < -0.4 is 15.8 Å². The molecule has 0 fully saturated rings. The topological polar surface area (TPSA) is 112 Å². The first kappa shape index (κ1) is 21.6. The second-order valence-electron chi connectivity index (χ2n) is 6.61. The van der Waals surface area contributed by atoms with Crippen molar-refractivity contribution in [1.29, 1.82) is 0 Å². The van der Waals surface area contributed by atoms with Gasteiger partial charge in [-0.2, -0.15) is 0 Å². The average Bonchev–Trinajstić information content (AvgIpc) is 3.45. The van der Waals surface area contributed by atoms with Crippen LogP contribution in [0.15, 0.2) is 72.1 Å². The molecule has 8 nitrogen and oxygen atoms in total. The van der Waals surface area contributed by atoms with Crippen LogP contribution in [0.25, 0.3) is 16.1 Å². The summed E-state index contributed by atoms with van der Waals surface area (Å²) in [5.41, 5.74) is 7.57. The van der Waals surface area contributed by atoms with Crippen LogP contribution >= 0.6 is 23.1 Å². The molecule has 0 aliphatic heterocycles. The number of amides is 2. The SMILES string of the molecule is COc1cccc(-n2cnnc2SCC(=O)Nc2sc(-c3ccccc3)cc2C(N)=O)c1. The Balaban J connectivity index is 1.47. The van der Waals surface area contributed by atoms with Crippen LogP contribution in [0.4, 0.5) is 5.00 Å². The minimum Gasteiger partial charge on any atom is -0.497 e. The maximum atomic E-state index is 12.6. The molecule has 0 atom stereocenters. The number of benzene rings is 2. The molecule has 4 aromatic rings. The fourth-order valence-corrected chi connectivity index (χ4v) is 4.78. The van der Waals surface area contributed by atoms with E-state index in [2.05, 4.69) is 15.5 Å². The van der Waals surface area contributed by atoms with Gasteiger partial charge in [-0.25, -0.2) is 0 Å². The zero-order chi connectivity index (χ0) is 22.5. The van der Waals surface area contributed by atoms with Crippen molar-refractivity contribution >= 4 is 39.9 Å². The maximum absolute atomic E-state index is 12.6. The number of nitrogens with zero attached hydrogens (tertiary/aromatic N) is 3. The Kier molecular flexibility index (Phi) is 6.52. The summed E-state index contributed by atoms with van der Waals surface area (Å²) in [6, 6.07) is 18.7. The van der Waals surface area contributed by atoms with Crippen molar-refractivity contribution in [3.05, 3.63) is 72.6 Å². The van der Waals surface area contributed by atoms with E-state index in [4.69, 9.17) is 10.5 Å². The van der Waals surface area contributed by atoms with E-state index in [-0.39, 0.29) is 17.2 Å². The molecule has 0 spiro atoms. The third-order valence-electron chi connectivity index (χ3n) is 4.49. The molecule has 0 aliphatic rings. The predicted molar refractivity (Wildman–Crippen MR) is 126 cm³/mol. The zero-order valence-electron chi connectivity index (χ0n) is 17.0. The van der Waals surface area contributed by atoms with Crippen molar-refractivity contribution in [2.24, 2.45) is 5.73 Å². The van der Waals surface area contributed by atoms with Crippen molar-refractivity contribution in [3.8, 4) is 21.9 Å². The normalized spacial score (nSPS) is 10.7. The quantitative estimate of drug-likeness (QED) is 0.383. The molecule has 2 amide bonds. The van der Waals surface area contributed by atoms with E-state index < -0.39 is 5.91 Å². The van der Waals surface area contributed by atoms with Crippen molar-refractivity contribution in [2.75, 3.05) is 18.2 Å². The molecule has 0 bridgehead atoms. The van der Waals surface area contributed by atoms with Gasteiger partial charge in [-0.3, -0.25) is 14.2 Å². The summed E-state index contributed by atoms with van der Waals surface area (Å²) in [5, 5.41) is 11.8. The lowest BCUT2D eigenvalue weighted by Crippen LogP contribution is -2.18. The van der Waals surface area contributed by atoms with Crippen LogP contribution in [0.3, 0.4) is 0 Å². The number of rotatable bonds is 8. The second kappa shape index (κ2) is 9.67. The summed E-state index contributed by atoms with van der Waals surface area (Å²) in [4.78, 5) is 25.4. The van der Waals surface area contributed by atoms with Gasteiger partial charge in [0, 0.05) is 10.9 Å². The van der Waals surface area contributed by atoms with Gasteiger partial charge in [-0.1, -0.05) is 48.2 Å². The number of thioether (sulfide) groups is 1. The molecule has 0 saturated carbocycles. The molecule has 4 rings (SSSR count). The van der Waals surface area contributed by atoms with Crippen LogP contribution in [0.5, 0.6) is 5.75 Å². The largest absolute Gasteiger partial charge is 0.497 e. The van der Waals surface area contributed by atoms with E-state index in [0.29, 0.717) is 15.9 Å². The van der Waals surface area contributed by atoms with Crippen molar-refractivity contribution in [3.63, 3.8) is 0 Å². The van der Waals surface area contributed by atoms with Crippen molar-refractivity contribution in [1.82, 2.24) is 14.8 Å². The van der Waals surface area contributed by atoms with Gasteiger partial charge in [0.15, 0.2) is 5.16 Å². The fourth-order valence-electron chi connectivity index (χ4n) is 2.96. The molecule has 2 aromatic carbocycles. The Morgan fingerprint density at radius 2 is 1.97 bits per heavy atom. The number of thiophene rings is 1. The summed E-state index contributed by atoms with van der Waals surface area (Å²) in [6.45, 7) is 0. The summed E-state index contributed by atoms with van der Waals surface area (Å²) >= 11 is 2.54. The number of hydrogen-bond donors (Lipinski definition) is 2. The third kappa shape index (κ3) is 4.82. The number of methoxy groups -OCH3 is 1. The molecule has 162 valence electrons. The number of carbonyl (C=O) groups is 2. The Hall–Kier alpha value is -3.63. The van der Waals surface area contributed by atoms with E-state index in [1.807, 2.05) is 54.6 Å². The van der Waals surface area contributed by atoms with Gasteiger partial charge in [-0.05, 0) is 23.8 Å². The Morgan fingerprint density at radius 3 is 2.72 bits per heavy atom. The summed E-state index contributed by atoms with van der Waals surface area (Å²) in [5.74, 6) is -0.0847. The second-order valence-corrected chi connectivity index (χ2v) is 8.60. The standard InChI is InChI=1S/C22H19N5O3S2/c1-30-16-9-5-8-15(10-16)27-13-24-26-22(27)31-12-19(28)25-21-17(20(23)29)11-18(32-21)14-6-3-2-4-7-14/h2-11,13H,12H2,1H3,(H2,23,29)(H,25,28). The van der Waals surface area contributed by atoms with E-state index in [1.165, 1.54) is 23.1 Å². The van der Waals surface area contributed by atoms with Crippen LogP contribution in [-0.4, -0.2) is 39.4 Å². The van der Waals surface area contributed by atoms with E-state index >= 15 is 0 Å². The van der Waals surface area contributed by atoms with Gasteiger partial charge in [0.2, 0.25) is 5.91 Å². The van der Waals surface area contributed by atoms with Crippen molar-refractivity contribution < 1.29 is 14.3 Å². The number of hydrogen-bond acceptors (Lipinski definition) is 7. The first-order valence-corrected chi connectivity index (χ1v) is 11.3. The average molecular weight is 466 g/mol. The summed E-state index contributed by atoms with van der Waals surface area (Å²) in [7, 11) is 1.60. The molecule has 2 aromatic heterocycles. The number of anilines is 1. The van der Waals surface area contributed by atoms with E-state index in [9.17, 15) is 9.59 Å². The summed E-state index contributed by atoms with van der Waals surface area (Å²) in [6.07, 6.45) is 1.58. The van der Waals surface area contributed by atoms with Gasteiger partial charge in [0.1, 0.15) is 17.1 Å². The van der Waals surface area contributed by atoms with Crippen LogP contribution in [0.2, 0.25) is 0 Å². The number of nitrogens with one attached hydrogen (secondary N) is 1. The highest BCUT2D eigenvalue weighted by Crippen LogP contribution is 2.35. The first-order valence-electron chi connectivity index (χ1n) is 9.51. The minimum atomic E-state index is -0.593. The molecule has 0 unspecified atom stereocenters. The Labute approximate surface area is 192 Å². The molecular formula is C22H19N5O3S2. The first-order chi connectivity index (χ1) is 15.5. The van der Waals surface area contributed by atoms with E-state index in [0.717, 1.165) is 16.1 Å². The molecule has 32 heavy (non-hydrogen) atoms. The van der Waals surface area contributed by atoms with Crippen LogP contribution in [0, 0.1) is 0 Å². The molecule has 0 saturated heterocycles. The molecule has 3 N–H and O–H groups in total. The van der Waals surface area contributed by atoms with Gasteiger partial charge < -0.3 is 15.8 Å². The maximum Gasteiger partial charge on any atom is 0.251 e. The minimum absolute atomic E-state index is 0.0828.